The third-order valence-electron chi connectivity index (χ3n) is 3.06. The van der Waals surface area contributed by atoms with Gasteiger partial charge < -0.3 is 5.11 Å². The Hall–Kier alpha value is -1.39. The molecule has 0 fully saturated rings. The van der Waals surface area contributed by atoms with Gasteiger partial charge in [0.05, 0.1) is 10.5 Å². The van der Waals surface area contributed by atoms with E-state index in [2.05, 4.69) is 4.72 Å². The van der Waals surface area contributed by atoms with Gasteiger partial charge in [0.2, 0.25) is 10.0 Å². The van der Waals surface area contributed by atoms with Crippen molar-refractivity contribution < 1.29 is 13.5 Å². The number of aliphatic hydroxyl groups excluding tert-OH is 1. The predicted molar refractivity (Wildman–Crippen MR) is 74.6 cm³/mol. The van der Waals surface area contributed by atoms with E-state index >= 15 is 0 Å². The van der Waals surface area contributed by atoms with Crippen molar-refractivity contribution in [1.29, 1.82) is 5.26 Å². The van der Waals surface area contributed by atoms with Gasteiger partial charge in [-0.2, -0.15) is 5.26 Å². The summed E-state index contributed by atoms with van der Waals surface area (Å²) >= 11 is 5.75. The molecule has 0 saturated heterocycles. The van der Waals surface area contributed by atoms with Gasteiger partial charge in [-0.05, 0) is 24.6 Å². The Labute approximate surface area is 122 Å². The Morgan fingerprint density at radius 2 is 2.20 bits per heavy atom. The van der Waals surface area contributed by atoms with Crippen LogP contribution in [0.4, 0.5) is 0 Å². The molecule has 0 radical (unpaired) electrons. The van der Waals surface area contributed by atoms with Gasteiger partial charge in [0, 0.05) is 23.6 Å². The Morgan fingerprint density at radius 3 is 2.80 bits per heavy atom. The lowest BCUT2D eigenvalue weighted by Gasteiger charge is -2.14. The predicted octanol–water partition coefficient (Wildman–Crippen LogP) is 1.43. The SMILES string of the molecule is N#Cc1cc(Cl)ccc1S(=O)(=O)N[C@@H]1C=C[C@H](CO)C1. The standard InChI is InChI=1S/C13H13ClN2O3S/c14-11-2-4-13(10(6-11)7-15)20(18,19)16-12-3-1-9(5-12)8-17/h1-4,6,9,12,16-17H,5,8H2/t9-,12+/m0/s1. The second-order valence-electron chi connectivity index (χ2n) is 4.54. The van der Waals surface area contributed by atoms with Crippen LogP contribution in [0.5, 0.6) is 0 Å². The fourth-order valence-corrected chi connectivity index (χ4v) is 3.60. The lowest BCUT2D eigenvalue weighted by molar-refractivity contribution is 0.248. The highest BCUT2D eigenvalue weighted by molar-refractivity contribution is 7.89. The Balaban J connectivity index is 2.24. The second kappa shape index (κ2) is 5.94. The summed E-state index contributed by atoms with van der Waals surface area (Å²) in [6.07, 6.45) is 3.99. The lowest BCUT2D eigenvalue weighted by atomic mass is 10.1. The molecule has 1 aromatic rings. The van der Waals surface area contributed by atoms with E-state index in [1.165, 1.54) is 18.2 Å². The summed E-state index contributed by atoms with van der Waals surface area (Å²) in [4.78, 5) is -0.0924. The topological polar surface area (TPSA) is 90.2 Å². The van der Waals surface area contributed by atoms with E-state index in [9.17, 15) is 8.42 Å². The van der Waals surface area contributed by atoms with Crippen LogP contribution >= 0.6 is 11.6 Å². The first-order valence-corrected chi connectivity index (χ1v) is 7.83. The molecule has 0 saturated carbocycles. The summed E-state index contributed by atoms with van der Waals surface area (Å²) in [7, 11) is -3.80. The molecule has 2 atom stereocenters. The van der Waals surface area contributed by atoms with Crippen LogP contribution in [0.1, 0.15) is 12.0 Å². The highest BCUT2D eigenvalue weighted by atomic mass is 35.5. The maximum Gasteiger partial charge on any atom is 0.242 e. The average Bonchev–Trinajstić information content (AvgIpc) is 2.85. The molecular formula is C13H13ClN2O3S. The molecule has 0 aliphatic heterocycles. The minimum Gasteiger partial charge on any atom is -0.396 e. The number of sulfonamides is 1. The van der Waals surface area contributed by atoms with Gasteiger partial charge in [-0.3, -0.25) is 0 Å². The van der Waals surface area contributed by atoms with Crippen LogP contribution < -0.4 is 4.72 Å². The molecule has 2 N–H and O–H groups in total. The number of hydrogen-bond acceptors (Lipinski definition) is 4. The van der Waals surface area contributed by atoms with E-state index in [-0.39, 0.29) is 29.0 Å². The van der Waals surface area contributed by atoms with Gasteiger partial charge >= 0.3 is 0 Å². The number of aliphatic hydroxyl groups is 1. The first-order valence-electron chi connectivity index (χ1n) is 5.97. The second-order valence-corrected chi connectivity index (χ2v) is 6.66. The largest absolute Gasteiger partial charge is 0.396 e. The summed E-state index contributed by atoms with van der Waals surface area (Å²) in [5.74, 6) is -0.0386. The van der Waals surface area contributed by atoms with Crippen LogP contribution in [0, 0.1) is 17.2 Å². The highest BCUT2D eigenvalue weighted by Crippen LogP contribution is 2.23. The fraction of sp³-hybridized carbons (Fsp3) is 0.308. The van der Waals surface area contributed by atoms with Crippen LogP contribution in [0.25, 0.3) is 0 Å². The maximum atomic E-state index is 12.3. The van der Waals surface area contributed by atoms with E-state index in [0.717, 1.165) is 0 Å². The number of nitrogens with one attached hydrogen (secondary N) is 1. The smallest absolute Gasteiger partial charge is 0.242 e. The molecule has 2 rings (SSSR count). The molecule has 20 heavy (non-hydrogen) atoms. The Kier molecular flexibility index (Phi) is 4.45. The summed E-state index contributed by atoms with van der Waals surface area (Å²) in [5, 5.41) is 18.3. The van der Waals surface area contributed by atoms with Gasteiger partial charge in [0.15, 0.2) is 0 Å². The van der Waals surface area contributed by atoms with E-state index in [1.54, 1.807) is 12.2 Å². The highest BCUT2D eigenvalue weighted by Gasteiger charge is 2.26. The third-order valence-corrected chi connectivity index (χ3v) is 4.85. The molecule has 0 bridgehead atoms. The van der Waals surface area contributed by atoms with Crippen LogP contribution in [0.2, 0.25) is 5.02 Å². The van der Waals surface area contributed by atoms with Crippen LogP contribution in [0.3, 0.4) is 0 Å². The van der Waals surface area contributed by atoms with Crippen molar-refractivity contribution in [2.24, 2.45) is 5.92 Å². The molecule has 5 nitrogen and oxygen atoms in total. The van der Waals surface area contributed by atoms with Crippen molar-refractivity contribution in [2.75, 3.05) is 6.61 Å². The zero-order chi connectivity index (χ0) is 14.8. The quantitative estimate of drug-likeness (QED) is 0.823. The number of nitriles is 1. The van der Waals surface area contributed by atoms with E-state index < -0.39 is 10.0 Å². The zero-order valence-electron chi connectivity index (χ0n) is 10.5. The summed E-state index contributed by atoms with van der Waals surface area (Å²) < 4.78 is 27.1. The van der Waals surface area contributed by atoms with Crippen molar-refractivity contribution in [3.63, 3.8) is 0 Å². The molecule has 0 amide bonds. The van der Waals surface area contributed by atoms with Gasteiger partial charge in [0.25, 0.3) is 0 Å². The minimum absolute atomic E-state index is 0.00526. The van der Waals surface area contributed by atoms with Gasteiger partial charge in [0.1, 0.15) is 6.07 Å². The zero-order valence-corrected chi connectivity index (χ0v) is 12.0. The number of halogens is 1. The van der Waals surface area contributed by atoms with Gasteiger partial charge in [-0.15, -0.1) is 0 Å². The van der Waals surface area contributed by atoms with Crippen molar-refractivity contribution >= 4 is 21.6 Å². The summed E-state index contributed by atoms with van der Waals surface area (Å²) in [5.41, 5.74) is 0.00526. The Bertz CT molecular complexity index is 679. The maximum absolute atomic E-state index is 12.3. The molecule has 0 aromatic heterocycles. The Morgan fingerprint density at radius 1 is 1.45 bits per heavy atom. The first kappa shape index (κ1) is 15.0. The van der Waals surface area contributed by atoms with Crippen molar-refractivity contribution in [3.8, 4) is 6.07 Å². The van der Waals surface area contributed by atoms with Crippen LogP contribution in [0.15, 0.2) is 35.2 Å². The first-order chi connectivity index (χ1) is 9.46. The monoisotopic (exact) mass is 312 g/mol. The van der Waals surface area contributed by atoms with Crippen molar-refractivity contribution in [3.05, 3.63) is 40.9 Å². The molecule has 1 aromatic carbocycles. The normalized spacial score (nSPS) is 21.9. The summed E-state index contributed by atoms with van der Waals surface area (Å²) in [6, 6.07) is 5.51. The van der Waals surface area contributed by atoms with Gasteiger partial charge in [-0.25, -0.2) is 13.1 Å². The molecule has 0 spiro atoms. The molecule has 0 heterocycles. The van der Waals surface area contributed by atoms with Crippen molar-refractivity contribution in [2.45, 2.75) is 17.4 Å². The minimum atomic E-state index is -3.80. The number of rotatable bonds is 4. The fourth-order valence-electron chi connectivity index (χ4n) is 2.08. The molecule has 7 heteroatoms. The number of nitrogens with zero attached hydrogens (tertiary/aromatic N) is 1. The van der Waals surface area contributed by atoms with Crippen molar-refractivity contribution in [1.82, 2.24) is 4.72 Å². The molecule has 1 aliphatic rings. The van der Waals surface area contributed by atoms with Crippen LogP contribution in [-0.2, 0) is 10.0 Å². The molecule has 1 aliphatic carbocycles. The molecule has 0 unspecified atom stereocenters. The number of hydrogen-bond donors (Lipinski definition) is 2. The van der Waals surface area contributed by atoms with E-state index in [0.29, 0.717) is 11.4 Å². The van der Waals surface area contributed by atoms with Gasteiger partial charge in [-0.1, -0.05) is 23.8 Å². The van der Waals surface area contributed by atoms with E-state index in [4.69, 9.17) is 22.0 Å². The number of benzene rings is 1. The average molecular weight is 313 g/mol. The molecule has 106 valence electrons. The third kappa shape index (κ3) is 3.19. The lowest BCUT2D eigenvalue weighted by Crippen LogP contribution is -2.33. The van der Waals surface area contributed by atoms with E-state index in [1.807, 2.05) is 6.07 Å². The molecular weight excluding hydrogens is 300 g/mol. The summed E-state index contributed by atoms with van der Waals surface area (Å²) in [6.45, 7) is -0.0148. The van der Waals surface area contributed by atoms with Crippen LogP contribution in [-0.4, -0.2) is 26.2 Å².